The summed E-state index contributed by atoms with van der Waals surface area (Å²) in [5.41, 5.74) is 3.62. The van der Waals surface area contributed by atoms with Crippen LogP contribution in [-0.4, -0.2) is 57.8 Å². The number of hydrogen-bond acceptors (Lipinski definition) is 3. The molecule has 1 aromatic carbocycles. The summed E-state index contributed by atoms with van der Waals surface area (Å²) in [5, 5.41) is 3.56. The average Bonchev–Trinajstić information content (AvgIpc) is 2.56. The lowest BCUT2D eigenvalue weighted by molar-refractivity contribution is 0.123. The number of aryl methyl sites for hydroxylation is 1. The molecule has 0 radical (unpaired) electrons. The third-order valence-corrected chi connectivity index (χ3v) is 4.04. The minimum Gasteiger partial charge on any atom is -0.378 e. The summed E-state index contributed by atoms with van der Waals surface area (Å²) < 4.78 is 5.48. The first-order valence-corrected chi connectivity index (χ1v) is 8.54. The second kappa shape index (κ2) is 8.77. The van der Waals surface area contributed by atoms with Crippen LogP contribution in [0.4, 0.5) is 11.4 Å². The molecule has 1 N–H and O–H groups in total. The van der Waals surface area contributed by atoms with Gasteiger partial charge in [-0.25, -0.2) is 0 Å². The molecule has 0 saturated carbocycles. The number of unbranched alkanes of at least 4 members (excludes halogenated alkanes) is 1. The molecule has 1 saturated heterocycles. The molecule has 5 heteroatoms. The smallest absolute Gasteiger partial charge is 0.197 e. The van der Waals surface area contributed by atoms with Crippen LogP contribution in [0.15, 0.2) is 23.2 Å². The molecular formula is C18H30N4O. The van der Waals surface area contributed by atoms with Crippen molar-refractivity contribution in [1.82, 2.24) is 4.90 Å². The van der Waals surface area contributed by atoms with E-state index >= 15 is 0 Å². The lowest BCUT2D eigenvalue weighted by Crippen LogP contribution is -2.37. The molecule has 0 atom stereocenters. The molecule has 23 heavy (non-hydrogen) atoms. The van der Waals surface area contributed by atoms with E-state index in [0.717, 1.165) is 57.3 Å². The maximum atomic E-state index is 5.48. The van der Waals surface area contributed by atoms with E-state index in [-0.39, 0.29) is 0 Å². The number of para-hydroxylation sites is 1. The van der Waals surface area contributed by atoms with Crippen LogP contribution in [0.1, 0.15) is 25.3 Å². The van der Waals surface area contributed by atoms with Crippen LogP contribution in [0.25, 0.3) is 0 Å². The number of nitrogens with one attached hydrogen (secondary N) is 1. The van der Waals surface area contributed by atoms with Crippen LogP contribution in [0.3, 0.4) is 0 Å². The molecule has 0 amide bonds. The minimum absolute atomic E-state index is 0.790. The summed E-state index contributed by atoms with van der Waals surface area (Å²) >= 11 is 0. The minimum atomic E-state index is 0.790. The van der Waals surface area contributed by atoms with Gasteiger partial charge < -0.3 is 19.9 Å². The Kier molecular flexibility index (Phi) is 6.71. The second-order valence-electron chi connectivity index (χ2n) is 6.15. The molecule has 1 aromatic rings. The van der Waals surface area contributed by atoms with Gasteiger partial charge in [-0.15, -0.1) is 0 Å². The summed E-state index contributed by atoms with van der Waals surface area (Å²) in [7, 11) is 4.06. The van der Waals surface area contributed by atoms with E-state index in [1.807, 2.05) is 19.0 Å². The van der Waals surface area contributed by atoms with E-state index < -0.39 is 0 Å². The highest BCUT2D eigenvalue weighted by Crippen LogP contribution is 2.30. The summed E-state index contributed by atoms with van der Waals surface area (Å²) in [6.45, 7) is 8.64. The molecule has 2 rings (SSSR count). The molecule has 128 valence electrons. The number of guanidine groups is 1. The first kappa shape index (κ1) is 17.6. The zero-order valence-corrected chi connectivity index (χ0v) is 14.9. The lowest BCUT2D eigenvalue weighted by Gasteiger charge is -2.32. The zero-order valence-electron chi connectivity index (χ0n) is 14.9. The van der Waals surface area contributed by atoms with Crippen LogP contribution in [0, 0.1) is 6.92 Å². The highest BCUT2D eigenvalue weighted by molar-refractivity contribution is 5.97. The third kappa shape index (κ3) is 4.86. The van der Waals surface area contributed by atoms with Crippen LogP contribution in [-0.2, 0) is 4.74 Å². The second-order valence-corrected chi connectivity index (χ2v) is 6.15. The Balaban J connectivity index is 2.24. The van der Waals surface area contributed by atoms with Gasteiger partial charge in [0.25, 0.3) is 0 Å². The Bertz CT molecular complexity index is 522. The van der Waals surface area contributed by atoms with Crippen LogP contribution < -0.4 is 10.2 Å². The highest BCUT2D eigenvalue weighted by atomic mass is 16.5. The Morgan fingerprint density at radius 3 is 2.70 bits per heavy atom. The van der Waals surface area contributed by atoms with Gasteiger partial charge in [-0.1, -0.05) is 25.5 Å². The van der Waals surface area contributed by atoms with E-state index in [4.69, 9.17) is 9.73 Å². The van der Waals surface area contributed by atoms with Gasteiger partial charge in [-0.2, -0.15) is 0 Å². The van der Waals surface area contributed by atoms with Gasteiger partial charge in [0.05, 0.1) is 24.6 Å². The monoisotopic (exact) mass is 318 g/mol. The Hall–Kier alpha value is -1.75. The average molecular weight is 318 g/mol. The summed E-state index contributed by atoms with van der Waals surface area (Å²) in [6, 6.07) is 6.44. The van der Waals surface area contributed by atoms with Crippen molar-refractivity contribution in [2.45, 2.75) is 26.7 Å². The van der Waals surface area contributed by atoms with Crippen molar-refractivity contribution in [3.63, 3.8) is 0 Å². The summed E-state index contributed by atoms with van der Waals surface area (Å²) in [4.78, 5) is 9.16. The predicted octanol–water partition coefficient (Wildman–Crippen LogP) is 2.96. The van der Waals surface area contributed by atoms with Crippen molar-refractivity contribution >= 4 is 17.3 Å². The molecule has 0 aromatic heterocycles. The van der Waals surface area contributed by atoms with Crippen molar-refractivity contribution in [3.05, 3.63) is 23.8 Å². The van der Waals surface area contributed by atoms with Crippen molar-refractivity contribution in [2.24, 2.45) is 4.99 Å². The van der Waals surface area contributed by atoms with Gasteiger partial charge in [0, 0.05) is 33.7 Å². The maximum absolute atomic E-state index is 5.48. The molecule has 0 bridgehead atoms. The number of hydrogen-bond donors (Lipinski definition) is 1. The number of aliphatic imine (C=N–C) groups is 1. The largest absolute Gasteiger partial charge is 0.378 e. The van der Waals surface area contributed by atoms with E-state index in [9.17, 15) is 0 Å². The Morgan fingerprint density at radius 1 is 1.30 bits per heavy atom. The van der Waals surface area contributed by atoms with Crippen LogP contribution in [0.5, 0.6) is 0 Å². The summed E-state index contributed by atoms with van der Waals surface area (Å²) in [6.07, 6.45) is 2.27. The number of benzene rings is 1. The van der Waals surface area contributed by atoms with E-state index in [0.29, 0.717) is 0 Å². The molecule has 0 spiro atoms. The van der Waals surface area contributed by atoms with Gasteiger partial charge in [-0.05, 0) is 25.0 Å². The molecule has 0 unspecified atom stereocenters. The summed E-state index contributed by atoms with van der Waals surface area (Å²) in [5.74, 6) is 0.919. The van der Waals surface area contributed by atoms with E-state index in [1.54, 1.807) is 0 Å². The molecule has 5 nitrogen and oxygen atoms in total. The van der Waals surface area contributed by atoms with E-state index in [2.05, 4.69) is 42.3 Å². The fourth-order valence-corrected chi connectivity index (χ4v) is 2.63. The van der Waals surface area contributed by atoms with Crippen molar-refractivity contribution in [3.8, 4) is 0 Å². The topological polar surface area (TPSA) is 40.1 Å². The zero-order chi connectivity index (χ0) is 16.7. The van der Waals surface area contributed by atoms with Gasteiger partial charge in [0.1, 0.15) is 0 Å². The number of ether oxygens (including phenoxy) is 1. The van der Waals surface area contributed by atoms with Gasteiger partial charge in [0.2, 0.25) is 0 Å². The fourth-order valence-electron chi connectivity index (χ4n) is 2.63. The standard InChI is InChI=1S/C18H30N4O/c1-5-6-10-19-18(21(3)4)20-17-15(2)8-7-9-16(17)22-11-13-23-14-12-22/h7-9H,5-6,10-14H2,1-4H3,(H,19,20). The van der Waals surface area contributed by atoms with Gasteiger partial charge in [-0.3, -0.25) is 4.99 Å². The van der Waals surface area contributed by atoms with E-state index in [1.165, 1.54) is 11.3 Å². The van der Waals surface area contributed by atoms with Crippen molar-refractivity contribution in [2.75, 3.05) is 57.2 Å². The van der Waals surface area contributed by atoms with Gasteiger partial charge >= 0.3 is 0 Å². The first-order valence-electron chi connectivity index (χ1n) is 8.54. The van der Waals surface area contributed by atoms with Crippen LogP contribution in [0.2, 0.25) is 0 Å². The number of morpholine rings is 1. The molecule has 0 aliphatic carbocycles. The molecule has 1 aliphatic heterocycles. The number of anilines is 2. The van der Waals surface area contributed by atoms with Crippen molar-refractivity contribution < 1.29 is 4.74 Å². The maximum Gasteiger partial charge on any atom is 0.197 e. The Labute approximate surface area is 140 Å². The SMILES string of the molecule is CCCCN=C(Nc1c(C)cccc1N1CCOCC1)N(C)C. The quantitative estimate of drug-likeness (QED) is 0.515. The third-order valence-electron chi connectivity index (χ3n) is 4.04. The van der Waals surface area contributed by atoms with Crippen LogP contribution >= 0.6 is 0 Å². The Morgan fingerprint density at radius 2 is 2.04 bits per heavy atom. The molecular weight excluding hydrogens is 288 g/mol. The van der Waals surface area contributed by atoms with Gasteiger partial charge in [0.15, 0.2) is 5.96 Å². The molecule has 1 aliphatic rings. The number of nitrogens with zero attached hydrogens (tertiary/aromatic N) is 3. The fraction of sp³-hybridized carbons (Fsp3) is 0.611. The first-order chi connectivity index (χ1) is 11.1. The highest BCUT2D eigenvalue weighted by Gasteiger charge is 2.17. The lowest BCUT2D eigenvalue weighted by atomic mass is 10.1. The van der Waals surface area contributed by atoms with Crippen molar-refractivity contribution in [1.29, 1.82) is 0 Å². The predicted molar refractivity (Wildman–Crippen MR) is 98.7 cm³/mol. The number of rotatable bonds is 5. The molecule has 1 fully saturated rings. The normalized spacial score (nSPS) is 15.7. The molecule has 1 heterocycles.